The normalized spacial score (nSPS) is 11.1. The highest BCUT2D eigenvalue weighted by Crippen LogP contribution is 2.33. The molecule has 0 spiro atoms. The molecule has 0 radical (unpaired) electrons. The third-order valence-electron chi connectivity index (χ3n) is 4.09. The van der Waals surface area contributed by atoms with Crippen LogP contribution in [0, 0.1) is 0 Å². The predicted molar refractivity (Wildman–Crippen MR) is 110 cm³/mol. The van der Waals surface area contributed by atoms with Crippen LogP contribution in [-0.4, -0.2) is 22.1 Å². The van der Waals surface area contributed by atoms with Crippen molar-refractivity contribution in [3.05, 3.63) is 70.5 Å². The number of nitrogens with zero attached hydrogens (tertiary/aromatic N) is 1. The summed E-state index contributed by atoms with van der Waals surface area (Å²) in [6.07, 6.45) is -3.04. The van der Waals surface area contributed by atoms with E-state index >= 15 is 0 Å². The molecule has 3 amide bonds. The van der Waals surface area contributed by atoms with Gasteiger partial charge in [-0.15, -0.1) is 0 Å². The van der Waals surface area contributed by atoms with Gasteiger partial charge in [0.1, 0.15) is 0 Å². The Morgan fingerprint density at radius 2 is 1.87 bits per heavy atom. The van der Waals surface area contributed by atoms with Gasteiger partial charge in [-0.25, -0.2) is 4.79 Å². The van der Waals surface area contributed by atoms with Crippen molar-refractivity contribution in [2.45, 2.75) is 12.7 Å². The lowest BCUT2D eigenvalue weighted by molar-refractivity contribution is -0.137. The molecule has 0 fully saturated rings. The van der Waals surface area contributed by atoms with E-state index in [1.165, 1.54) is 6.20 Å². The Morgan fingerprint density at radius 1 is 1.10 bits per heavy atom. The summed E-state index contributed by atoms with van der Waals surface area (Å²) in [4.78, 5) is 23.5. The summed E-state index contributed by atoms with van der Waals surface area (Å²) in [5, 5.41) is 14.0. The second kappa shape index (κ2) is 8.96. The smallest absolute Gasteiger partial charge is 0.378 e. The quantitative estimate of drug-likeness (QED) is 0.379. The third-order valence-corrected chi connectivity index (χ3v) is 4.40. The molecule has 0 aliphatic rings. The highest BCUT2D eigenvalue weighted by atomic mass is 35.5. The minimum atomic E-state index is -4.53. The number of aromatic nitrogens is 2. The summed E-state index contributed by atoms with van der Waals surface area (Å²) >= 11 is 5.84. The summed E-state index contributed by atoms with van der Waals surface area (Å²) in [6, 6.07) is 8.73. The summed E-state index contributed by atoms with van der Waals surface area (Å²) in [5.74, 6) is -0.683. The number of alkyl halides is 3. The Labute approximate surface area is 179 Å². The highest BCUT2D eigenvalue weighted by molar-refractivity contribution is 6.33. The number of halogens is 4. The number of carbonyl (C=O) groups excluding carboxylic acids is 2. The van der Waals surface area contributed by atoms with Gasteiger partial charge in [-0.05, 0) is 35.9 Å². The monoisotopic (exact) mass is 452 g/mol. The Hall–Kier alpha value is -3.73. The molecule has 31 heavy (non-hydrogen) atoms. The second-order valence-corrected chi connectivity index (χ2v) is 6.74. The van der Waals surface area contributed by atoms with E-state index in [4.69, 9.17) is 17.3 Å². The molecule has 12 heteroatoms. The van der Waals surface area contributed by atoms with Crippen LogP contribution in [0.5, 0.6) is 0 Å². The number of urea groups is 1. The lowest BCUT2D eigenvalue weighted by Crippen LogP contribution is -2.20. The van der Waals surface area contributed by atoms with Crippen LogP contribution in [0.3, 0.4) is 0 Å². The molecule has 0 saturated carbocycles. The molecule has 8 nitrogen and oxygen atoms in total. The largest absolute Gasteiger partial charge is 0.416 e. The number of aromatic amines is 1. The molecule has 0 saturated heterocycles. The lowest BCUT2D eigenvalue weighted by atomic mass is 10.2. The SMILES string of the molecule is NC(=O)c1n[nH]cc1NCc1cccc(NC(=O)Nc2ccc(C(F)(F)F)cc2Cl)c1. The number of carbonyl (C=O) groups is 2. The fourth-order valence-corrected chi connectivity index (χ4v) is 2.87. The van der Waals surface area contributed by atoms with Crippen LogP contribution in [0.15, 0.2) is 48.7 Å². The number of primary amides is 1. The van der Waals surface area contributed by atoms with Gasteiger partial charge in [-0.3, -0.25) is 9.89 Å². The first kappa shape index (κ1) is 22.0. The molecule has 3 aromatic rings. The zero-order valence-corrected chi connectivity index (χ0v) is 16.4. The van der Waals surface area contributed by atoms with Crippen molar-refractivity contribution in [1.29, 1.82) is 0 Å². The first-order chi connectivity index (χ1) is 14.6. The van der Waals surface area contributed by atoms with Crippen molar-refractivity contribution in [2.24, 2.45) is 5.73 Å². The molecule has 0 aliphatic carbocycles. The first-order valence-electron chi connectivity index (χ1n) is 8.74. The number of rotatable bonds is 6. The van der Waals surface area contributed by atoms with E-state index in [-0.39, 0.29) is 16.4 Å². The molecule has 1 aromatic heterocycles. The Morgan fingerprint density at radius 3 is 2.55 bits per heavy atom. The van der Waals surface area contributed by atoms with E-state index in [1.807, 2.05) is 0 Å². The van der Waals surface area contributed by atoms with E-state index in [2.05, 4.69) is 26.1 Å². The van der Waals surface area contributed by atoms with E-state index in [0.29, 0.717) is 17.9 Å². The molecule has 1 heterocycles. The average molecular weight is 453 g/mol. The number of H-pyrrole nitrogens is 1. The van der Waals surface area contributed by atoms with Crippen molar-refractivity contribution in [1.82, 2.24) is 10.2 Å². The highest BCUT2D eigenvalue weighted by Gasteiger charge is 2.31. The van der Waals surface area contributed by atoms with Crippen LogP contribution >= 0.6 is 11.6 Å². The maximum atomic E-state index is 12.7. The molecule has 0 unspecified atom stereocenters. The van der Waals surface area contributed by atoms with Crippen LogP contribution in [-0.2, 0) is 12.7 Å². The number of benzene rings is 2. The van der Waals surface area contributed by atoms with Crippen molar-refractivity contribution in [3.63, 3.8) is 0 Å². The molecule has 3 rings (SSSR count). The molecular weight excluding hydrogens is 437 g/mol. The number of hydrogen-bond donors (Lipinski definition) is 5. The maximum Gasteiger partial charge on any atom is 0.416 e. The standard InChI is InChI=1S/C19H16ClF3N6O2/c20-13-7-11(19(21,22)23)4-5-14(13)28-18(31)27-12-3-1-2-10(6-12)8-25-15-9-26-29-16(15)17(24)30/h1-7,9,25H,8H2,(H2,24,30)(H,26,29)(H2,27,28,31). The topological polar surface area (TPSA) is 125 Å². The van der Waals surface area contributed by atoms with Crippen molar-refractivity contribution in [3.8, 4) is 0 Å². The number of amides is 3. The number of anilines is 3. The van der Waals surface area contributed by atoms with Crippen LogP contribution in [0.4, 0.5) is 35.0 Å². The van der Waals surface area contributed by atoms with E-state index < -0.39 is 23.7 Å². The molecule has 162 valence electrons. The molecule has 6 N–H and O–H groups in total. The van der Waals surface area contributed by atoms with Crippen LogP contribution < -0.4 is 21.7 Å². The van der Waals surface area contributed by atoms with Gasteiger partial charge < -0.3 is 21.7 Å². The molecular formula is C19H16ClF3N6O2. The Kier molecular flexibility index (Phi) is 6.35. The van der Waals surface area contributed by atoms with Crippen LogP contribution in [0.2, 0.25) is 5.02 Å². The fourth-order valence-electron chi connectivity index (χ4n) is 2.65. The van der Waals surface area contributed by atoms with Gasteiger partial charge >= 0.3 is 12.2 Å². The van der Waals surface area contributed by atoms with Crippen molar-refractivity contribution in [2.75, 3.05) is 16.0 Å². The minimum absolute atomic E-state index is 0.0314. The van der Waals surface area contributed by atoms with Gasteiger partial charge in [0.05, 0.1) is 22.0 Å². The lowest BCUT2D eigenvalue weighted by Gasteiger charge is -2.12. The molecule has 0 atom stereocenters. The molecule has 0 aliphatic heterocycles. The maximum absolute atomic E-state index is 12.7. The number of nitrogens with one attached hydrogen (secondary N) is 4. The van der Waals surface area contributed by atoms with Gasteiger partial charge in [0.15, 0.2) is 5.69 Å². The van der Waals surface area contributed by atoms with Crippen molar-refractivity contribution >= 4 is 40.6 Å². The van der Waals surface area contributed by atoms with Gasteiger partial charge in [0.25, 0.3) is 5.91 Å². The molecule has 0 bridgehead atoms. The Bertz CT molecular complexity index is 1120. The molecule has 2 aromatic carbocycles. The predicted octanol–water partition coefficient (Wildman–Crippen LogP) is 4.44. The van der Waals surface area contributed by atoms with Gasteiger partial charge in [0.2, 0.25) is 0 Å². The first-order valence-corrected chi connectivity index (χ1v) is 9.12. The summed E-state index contributed by atoms with van der Waals surface area (Å²) in [6.45, 7) is 0.307. The number of nitrogens with two attached hydrogens (primary N) is 1. The van der Waals surface area contributed by atoms with E-state index in [0.717, 1.165) is 23.8 Å². The van der Waals surface area contributed by atoms with Crippen LogP contribution in [0.25, 0.3) is 0 Å². The zero-order valence-electron chi connectivity index (χ0n) is 15.7. The summed E-state index contributed by atoms with van der Waals surface area (Å²) < 4.78 is 38.1. The minimum Gasteiger partial charge on any atom is -0.378 e. The number of hydrogen-bond acceptors (Lipinski definition) is 4. The second-order valence-electron chi connectivity index (χ2n) is 6.34. The zero-order chi connectivity index (χ0) is 22.6. The Balaban J connectivity index is 1.62. The van der Waals surface area contributed by atoms with E-state index in [9.17, 15) is 22.8 Å². The third kappa shape index (κ3) is 5.66. The van der Waals surface area contributed by atoms with E-state index in [1.54, 1.807) is 24.3 Å². The van der Waals surface area contributed by atoms with Crippen molar-refractivity contribution < 1.29 is 22.8 Å². The fraction of sp³-hybridized carbons (Fsp3) is 0.105. The average Bonchev–Trinajstić information content (AvgIpc) is 3.16. The summed E-state index contributed by atoms with van der Waals surface area (Å²) in [5.41, 5.74) is 6.05. The van der Waals surface area contributed by atoms with Gasteiger partial charge in [0, 0.05) is 18.4 Å². The van der Waals surface area contributed by atoms with Gasteiger partial charge in [-0.2, -0.15) is 18.3 Å². The van der Waals surface area contributed by atoms with Gasteiger partial charge in [-0.1, -0.05) is 23.7 Å². The van der Waals surface area contributed by atoms with Crippen LogP contribution in [0.1, 0.15) is 21.6 Å². The summed E-state index contributed by atoms with van der Waals surface area (Å²) in [7, 11) is 0.